The second-order valence-electron chi connectivity index (χ2n) is 8.58. The van der Waals surface area contributed by atoms with Crippen LogP contribution in [0.3, 0.4) is 0 Å². The summed E-state index contributed by atoms with van der Waals surface area (Å²) in [5, 5.41) is 3.82. The van der Waals surface area contributed by atoms with E-state index in [2.05, 4.69) is 5.32 Å². The van der Waals surface area contributed by atoms with Gasteiger partial charge in [0.15, 0.2) is 0 Å². The molecule has 0 heterocycles. The molecule has 0 spiro atoms. The van der Waals surface area contributed by atoms with Crippen molar-refractivity contribution in [2.75, 3.05) is 23.7 Å². The van der Waals surface area contributed by atoms with Crippen molar-refractivity contribution in [3.8, 4) is 0 Å². The van der Waals surface area contributed by atoms with Gasteiger partial charge in [-0.05, 0) is 48.2 Å². The third kappa shape index (κ3) is 8.56. The Labute approximate surface area is 222 Å². The summed E-state index contributed by atoms with van der Waals surface area (Å²) < 4.78 is 26.2. The molecular weight excluding hydrogens is 533 g/mol. The topological polar surface area (TPSA) is 86.8 Å². The van der Waals surface area contributed by atoms with Gasteiger partial charge >= 0.3 is 0 Å². The highest BCUT2D eigenvalue weighted by Gasteiger charge is 2.32. The summed E-state index contributed by atoms with van der Waals surface area (Å²) in [4.78, 5) is 28.0. The number of amides is 2. The number of benzene rings is 2. The van der Waals surface area contributed by atoms with Gasteiger partial charge in [0.1, 0.15) is 12.6 Å². The van der Waals surface area contributed by atoms with E-state index in [1.165, 1.54) is 23.1 Å². The lowest BCUT2D eigenvalue weighted by Gasteiger charge is -2.33. The Bertz CT molecular complexity index is 1140. The molecule has 7 nitrogen and oxygen atoms in total. The van der Waals surface area contributed by atoms with Crippen LogP contribution >= 0.6 is 34.8 Å². The maximum Gasteiger partial charge on any atom is 0.244 e. The molecule has 1 N–H and O–H groups in total. The smallest absolute Gasteiger partial charge is 0.244 e. The van der Waals surface area contributed by atoms with Gasteiger partial charge in [-0.1, -0.05) is 67.7 Å². The number of anilines is 1. The summed E-state index contributed by atoms with van der Waals surface area (Å²) in [6.07, 6.45) is 1.32. The van der Waals surface area contributed by atoms with Crippen molar-refractivity contribution in [2.24, 2.45) is 5.92 Å². The molecule has 0 aliphatic rings. The van der Waals surface area contributed by atoms with Crippen LogP contribution in [0.2, 0.25) is 15.1 Å². The lowest BCUT2D eigenvalue weighted by molar-refractivity contribution is -0.140. The lowest BCUT2D eigenvalue weighted by Crippen LogP contribution is -2.52. The van der Waals surface area contributed by atoms with Gasteiger partial charge in [0.05, 0.1) is 17.0 Å². The van der Waals surface area contributed by atoms with Crippen molar-refractivity contribution in [3.05, 3.63) is 63.1 Å². The molecule has 0 saturated heterocycles. The van der Waals surface area contributed by atoms with Gasteiger partial charge in [0, 0.05) is 23.1 Å². The van der Waals surface area contributed by atoms with E-state index in [0.717, 1.165) is 16.1 Å². The van der Waals surface area contributed by atoms with Gasteiger partial charge in [-0.2, -0.15) is 0 Å². The van der Waals surface area contributed by atoms with E-state index < -0.39 is 28.5 Å². The molecule has 2 aromatic rings. The minimum Gasteiger partial charge on any atom is -0.354 e. The van der Waals surface area contributed by atoms with Crippen LogP contribution in [0.1, 0.15) is 32.8 Å². The first-order valence-corrected chi connectivity index (χ1v) is 14.1. The third-order valence-electron chi connectivity index (χ3n) is 5.19. The quantitative estimate of drug-likeness (QED) is 0.418. The average molecular weight is 563 g/mol. The van der Waals surface area contributed by atoms with E-state index >= 15 is 0 Å². The Morgan fingerprint density at radius 2 is 1.60 bits per heavy atom. The number of carbonyl (C=O) groups excluding carboxylic acids is 2. The molecule has 2 rings (SSSR count). The fraction of sp³-hybridized carbons (Fsp3) is 0.417. The third-order valence-corrected chi connectivity index (χ3v) is 7.11. The molecule has 0 aliphatic heterocycles. The molecule has 0 bridgehead atoms. The van der Waals surface area contributed by atoms with Gasteiger partial charge in [-0.25, -0.2) is 8.42 Å². The normalized spacial score (nSPS) is 12.3. The second kappa shape index (κ2) is 12.8. The van der Waals surface area contributed by atoms with Crippen LogP contribution < -0.4 is 9.62 Å². The van der Waals surface area contributed by atoms with Gasteiger partial charge < -0.3 is 10.2 Å². The standard InChI is InChI=1S/C24H30Cl3N3O4S/c1-5-21(24(32)28-13-16(2)3)29(14-17-6-8-18(25)9-7-17)23(31)15-30(35(4,33)34)22-11-10-19(26)12-20(22)27/h6-12,16,21H,5,13-15H2,1-4H3,(H,28,32)/t21-/m1/s1. The molecule has 0 fully saturated rings. The molecule has 192 valence electrons. The van der Waals surface area contributed by atoms with Crippen molar-refractivity contribution in [1.82, 2.24) is 10.2 Å². The predicted molar refractivity (Wildman–Crippen MR) is 143 cm³/mol. The molecule has 35 heavy (non-hydrogen) atoms. The minimum absolute atomic E-state index is 0.0849. The molecule has 0 aromatic heterocycles. The zero-order valence-electron chi connectivity index (χ0n) is 20.1. The van der Waals surface area contributed by atoms with Crippen molar-refractivity contribution in [1.29, 1.82) is 0 Å². The van der Waals surface area contributed by atoms with E-state index in [1.54, 1.807) is 31.2 Å². The maximum absolute atomic E-state index is 13.6. The lowest BCUT2D eigenvalue weighted by atomic mass is 10.1. The molecular formula is C24H30Cl3N3O4S. The largest absolute Gasteiger partial charge is 0.354 e. The summed E-state index contributed by atoms with van der Waals surface area (Å²) in [5.41, 5.74) is 0.865. The first kappa shape index (κ1) is 29.2. The van der Waals surface area contributed by atoms with E-state index in [0.29, 0.717) is 23.0 Å². The number of hydrogen-bond donors (Lipinski definition) is 1. The van der Waals surface area contributed by atoms with Crippen LogP contribution in [0.15, 0.2) is 42.5 Å². The average Bonchev–Trinajstić information content (AvgIpc) is 2.76. The number of carbonyl (C=O) groups is 2. The summed E-state index contributed by atoms with van der Waals surface area (Å²) in [7, 11) is -3.89. The number of nitrogens with zero attached hydrogens (tertiary/aromatic N) is 2. The fourth-order valence-corrected chi connectivity index (χ4v) is 4.95. The van der Waals surface area contributed by atoms with Crippen LogP contribution in [0, 0.1) is 5.92 Å². The van der Waals surface area contributed by atoms with E-state index in [1.807, 2.05) is 13.8 Å². The number of sulfonamides is 1. The minimum atomic E-state index is -3.89. The Morgan fingerprint density at radius 1 is 1.00 bits per heavy atom. The fourth-order valence-electron chi connectivity index (χ4n) is 3.41. The monoisotopic (exact) mass is 561 g/mol. The SMILES string of the molecule is CC[C@H](C(=O)NCC(C)C)N(Cc1ccc(Cl)cc1)C(=O)CN(c1ccc(Cl)cc1Cl)S(C)(=O)=O. The van der Waals surface area contributed by atoms with Crippen molar-refractivity contribution in [2.45, 2.75) is 39.8 Å². The first-order valence-electron chi connectivity index (χ1n) is 11.1. The molecule has 1 atom stereocenters. The number of hydrogen-bond acceptors (Lipinski definition) is 4. The van der Waals surface area contributed by atoms with Crippen LogP contribution in [0.25, 0.3) is 0 Å². The zero-order valence-corrected chi connectivity index (χ0v) is 23.2. The van der Waals surface area contributed by atoms with E-state index in [4.69, 9.17) is 34.8 Å². The summed E-state index contributed by atoms with van der Waals surface area (Å²) in [5.74, 6) is -0.633. The van der Waals surface area contributed by atoms with Gasteiger partial charge in [0.25, 0.3) is 0 Å². The number of nitrogens with one attached hydrogen (secondary N) is 1. The van der Waals surface area contributed by atoms with E-state index in [-0.39, 0.29) is 29.1 Å². The Morgan fingerprint density at radius 3 is 2.11 bits per heavy atom. The predicted octanol–water partition coefficient (Wildman–Crippen LogP) is 4.99. The first-order chi connectivity index (χ1) is 16.3. The number of halogens is 3. The molecule has 0 saturated carbocycles. The van der Waals surface area contributed by atoms with Gasteiger partial charge in [-0.3, -0.25) is 13.9 Å². The van der Waals surface area contributed by atoms with Gasteiger partial charge in [-0.15, -0.1) is 0 Å². The molecule has 2 aromatic carbocycles. The summed E-state index contributed by atoms with van der Waals surface area (Å²) >= 11 is 18.2. The van der Waals surface area contributed by atoms with Crippen molar-refractivity contribution < 1.29 is 18.0 Å². The highest BCUT2D eigenvalue weighted by atomic mass is 35.5. The molecule has 2 amide bonds. The maximum atomic E-state index is 13.6. The van der Waals surface area contributed by atoms with Crippen LogP contribution in [0.5, 0.6) is 0 Å². The Balaban J connectivity index is 2.44. The van der Waals surface area contributed by atoms with Crippen molar-refractivity contribution in [3.63, 3.8) is 0 Å². The summed E-state index contributed by atoms with van der Waals surface area (Å²) in [6.45, 7) is 5.74. The van der Waals surface area contributed by atoms with Crippen LogP contribution in [-0.2, 0) is 26.2 Å². The molecule has 0 aliphatic carbocycles. The number of rotatable bonds is 11. The molecule has 11 heteroatoms. The van der Waals surface area contributed by atoms with E-state index in [9.17, 15) is 18.0 Å². The second-order valence-corrected chi connectivity index (χ2v) is 11.8. The molecule has 0 radical (unpaired) electrons. The summed E-state index contributed by atoms with van der Waals surface area (Å²) in [6, 6.07) is 10.4. The highest BCUT2D eigenvalue weighted by Crippen LogP contribution is 2.30. The molecule has 0 unspecified atom stereocenters. The Kier molecular flexibility index (Phi) is 10.7. The zero-order chi connectivity index (χ0) is 26.3. The van der Waals surface area contributed by atoms with Crippen LogP contribution in [0.4, 0.5) is 5.69 Å². The van der Waals surface area contributed by atoms with Crippen LogP contribution in [-0.4, -0.2) is 50.5 Å². The van der Waals surface area contributed by atoms with Crippen molar-refractivity contribution >= 4 is 62.3 Å². The van der Waals surface area contributed by atoms with Gasteiger partial charge in [0.2, 0.25) is 21.8 Å². The Hall–Kier alpha value is -2.00. The highest BCUT2D eigenvalue weighted by molar-refractivity contribution is 7.92.